The first-order valence-corrected chi connectivity index (χ1v) is 5.78. The van der Waals surface area contributed by atoms with Crippen molar-refractivity contribution in [2.45, 2.75) is 6.04 Å². The van der Waals surface area contributed by atoms with Crippen molar-refractivity contribution in [1.82, 2.24) is 9.88 Å². The van der Waals surface area contributed by atoms with Crippen LogP contribution in [0.3, 0.4) is 0 Å². The molecule has 0 saturated heterocycles. The first-order valence-electron chi connectivity index (χ1n) is 4.99. The highest BCUT2D eigenvalue weighted by molar-refractivity contribution is 9.10. The van der Waals surface area contributed by atoms with E-state index in [-0.39, 0.29) is 17.9 Å². The van der Waals surface area contributed by atoms with Gasteiger partial charge in [0.15, 0.2) is 0 Å². The molecule has 0 bridgehead atoms. The van der Waals surface area contributed by atoms with Gasteiger partial charge in [-0.1, -0.05) is 6.08 Å². The van der Waals surface area contributed by atoms with E-state index in [1.54, 1.807) is 23.4 Å². The number of rotatable bonds is 3. The molecule has 5 nitrogen and oxygen atoms in total. The number of pyridine rings is 1. The Balaban J connectivity index is 2.38. The summed E-state index contributed by atoms with van der Waals surface area (Å²) < 4.78 is 0.834. The summed E-state index contributed by atoms with van der Waals surface area (Å²) in [6.07, 6.45) is 4.99. The van der Waals surface area contributed by atoms with Gasteiger partial charge in [-0.15, -0.1) is 6.58 Å². The van der Waals surface area contributed by atoms with Crippen molar-refractivity contribution in [3.63, 3.8) is 0 Å². The Morgan fingerprint density at radius 2 is 2.35 bits per heavy atom. The molecule has 17 heavy (non-hydrogen) atoms. The molecule has 2 amide bonds. The molecule has 2 rings (SSSR count). The van der Waals surface area contributed by atoms with Crippen LogP contribution < -0.4 is 5.73 Å². The molecule has 1 atom stereocenters. The summed E-state index contributed by atoms with van der Waals surface area (Å²) in [6, 6.07) is 1.17. The molecule has 2 N–H and O–H groups in total. The smallest absolute Gasteiger partial charge is 0.346 e. The third-order valence-electron chi connectivity index (χ3n) is 2.43. The van der Waals surface area contributed by atoms with E-state index in [1.165, 1.54) is 0 Å². The van der Waals surface area contributed by atoms with Crippen LogP contribution in [-0.4, -0.2) is 28.3 Å². The minimum atomic E-state index is -0.356. The Hall–Kier alpha value is -1.69. The standard InChI is InChI=1S/C11H11BrN4O/c1-2-3-16-9(10(13)15-11(16)17)7-4-8(12)6-14-5-7/h2,4-6,9H,1,3H2,(H2,13,15,17). The van der Waals surface area contributed by atoms with Gasteiger partial charge < -0.3 is 10.6 Å². The maximum absolute atomic E-state index is 11.6. The topological polar surface area (TPSA) is 71.6 Å². The van der Waals surface area contributed by atoms with Crippen molar-refractivity contribution in [1.29, 1.82) is 0 Å². The SMILES string of the molecule is C=CCN1C(=O)N=C(N)C1c1cncc(Br)c1. The van der Waals surface area contributed by atoms with Gasteiger partial charge in [0.05, 0.1) is 0 Å². The highest BCUT2D eigenvalue weighted by atomic mass is 79.9. The van der Waals surface area contributed by atoms with E-state index in [0.717, 1.165) is 10.0 Å². The Labute approximate surface area is 107 Å². The quantitative estimate of drug-likeness (QED) is 0.865. The number of nitrogens with two attached hydrogens (primary N) is 1. The van der Waals surface area contributed by atoms with Gasteiger partial charge in [0.2, 0.25) is 0 Å². The zero-order chi connectivity index (χ0) is 12.4. The molecule has 0 saturated carbocycles. The van der Waals surface area contributed by atoms with Gasteiger partial charge in [-0.05, 0) is 22.0 Å². The predicted molar refractivity (Wildman–Crippen MR) is 68.6 cm³/mol. The lowest BCUT2D eigenvalue weighted by atomic mass is 10.1. The van der Waals surface area contributed by atoms with Crippen LogP contribution in [-0.2, 0) is 0 Å². The summed E-state index contributed by atoms with van der Waals surface area (Å²) in [5, 5.41) is 0. The molecule has 1 aliphatic heterocycles. The fraction of sp³-hybridized carbons (Fsp3) is 0.182. The summed E-state index contributed by atoms with van der Waals surface area (Å²) in [7, 11) is 0. The third kappa shape index (κ3) is 2.21. The van der Waals surface area contributed by atoms with Crippen molar-refractivity contribution in [3.8, 4) is 0 Å². The minimum absolute atomic E-state index is 0.289. The highest BCUT2D eigenvalue weighted by Gasteiger charge is 2.33. The van der Waals surface area contributed by atoms with Crippen molar-refractivity contribution in [3.05, 3.63) is 41.2 Å². The second-order valence-electron chi connectivity index (χ2n) is 3.60. The van der Waals surface area contributed by atoms with Crippen molar-refractivity contribution < 1.29 is 4.79 Å². The van der Waals surface area contributed by atoms with Gasteiger partial charge >= 0.3 is 6.03 Å². The lowest BCUT2D eigenvalue weighted by Gasteiger charge is -2.22. The average Bonchev–Trinajstić information content (AvgIpc) is 2.54. The number of aliphatic imine (C=N–C) groups is 1. The molecule has 0 spiro atoms. The fourth-order valence-electron chi connectivity index (χ4n) is 1.76. The largest absolute Gasteiger partial charge is 0.385 e. The molecular formula is C11H11BrN4O. The molecule has 1 unspecified atom stereocenters. The Kier molecular flexibility index (Phi) is 3.23. The molecule has 0 aromatic carbocycles. The Morgan fingerprint density at radius 3 is 3.00 bits per heavy atom. The van der Waals surface area contributed by atoms with Crippen molar-refractivity contribution in [2.24, 2.45) is 10.7 Å². The van der Waals surface area contributed by atoms with Gasteiger partial charge in [0.25, 0.3) is 0 Å². The third-order valence-corrected chi connectivity index (χ3v) is 2.86. The van der Waals surface area contributed by atoms with E-state index in [9.17, 15) is 4.79 Å². The number of amidine groups is 1. The van der Waals surface area contributed by atoms with Crippen LogP contribution in [0.1, 0.15) is 11.6 Å². The number of aromatic nitrogens is 1. The first-order chi connectivity index (χ1) is 8.13. The number of hydrogen-bond donors (Lipinski definition) is 1. The van der Waals surface area contributed by atoms with Gasteiger partial charge in [-0.25, -0.2) is 4.79 Å². The summed E-state index contributed by atoms with van der Waals surface area (Å²) in [5.74, 6) is 0.289. The van der Waals surface area contributed by atoms with Crippen molar-refractivity contribution >= 4 is 27.8 Å². The molecule has 0 aliphatic carbocycles. The molecule has 1 aromatic heterocycles. The molecule has 0 radical (unpaired) electrons. The van der Waals surface area contributed by atoms with E-state index < -0.39 is 0 Å². The zero-order valence-corrected chi connectivity index (χ0v) is 10.6. The summed E-state index contributed by atoms with van der Waals surface area (Å²) in [4.78, 5) is 21.0. The maximum atomic E-state index is 11.6. The van der Waals surface area contributed by atoms with E-state index in [0.29, 0.717) is 6.54 Å². The highest BCUT2D eigenvalue weighted by Crippen LogP contribution is 2.27. The first kappa shape index (κ1) is 11.8. The average molecular weight is 295 g/mol. The fourth-order valence-corrected chi connectivity index (χ4v) is 2.14. The predicted octanol–water partition coefficient (Wildman–Crippen LogP) is 1.86. The summed E-state index contributed by atoms with van der Waals surface area (Å²) >= 11 is 3.34. The number of nitrogens with zero attached hydrogens (tertiary/aromatic N) is 3. The number of hydrogen-bond acceptors (Lipinski definition) is 3. The zero-order valence-electron chi connectivity index (χ0n) is 9.01. The van der Waals surface area contributed by atoms with Crippen LogP contribution in [0.2, 0.25) is 0 Å². The van der Waals surface area contributed by atoms with E-state index in [4.69, 9.17) is 5.73 Å². The molecule has 6 heteroatoms. The van der Waals surface area contributed by atoms with E-state index in [1.807, 2.05) is 6.07 Å². The monoisotopic (exact) mass is 294 g/mol. The molecule has 88 valence electrons. The van der Waals surface area contributed by atoms with Crippen LogP contribution in [0, 0.1) is 0 Å². The number of halogens is 1. The van der Waals surface area contributed by atoms with Gasteiger partial charge in [-0.3, -0.25) is 4.98 Å². The second-order valence-corrected chi connectivity index (χ2v) is 4.51. The van der Waals surface area contributed by atoms with Gasteiger partial charge in [0, 0.05) is 29.0 Å². The van der Waals surface area contributed by atoms with Crippen LogP contribution in [0.25, 0.3) is 0 Å². The maximum Gasteiger partial charge on any atom is 0.346 e. The van der Waals surface area contributed by atoms with Crippen LogP contribution in [0.15, 0.2) is 40.6 Å². The molecule has 1 aromatic rings. The Morgan fingerprint density at radius 1 is 1.59 bits per heavy atom. The van der Waals surface area contributed by atoms with E-state index >= 15 is 0 Å². The molecular weight excluding hydrogens is 284 g/mol. The van der Waals surface area contributed by atoms with Gasteiger partial charge in [-0.2, -0.15) is 4.99 Å². The second kappa shape index (κ2) is 4.67. The van der Waals surface area contributed by atoms with Crippen LogP contribution in [0.4, 0.5) is 4.79 Å². The number of carbonyl (C=O) groups is 1. The lowest BCUT2D eigenvalue weighted by Crippen LogP contribution is -2.33. The number of urea groups is 1. The summed E-state index contributed by atoms with van der Waals surface area (Å²) in [6.45, 7) is 4.02. The van der Waals surface area contributed by atoms with E-state index in [2.05, 4.69) is 32.5 Å². The lowest BCUT2D eigenvalue weighted by molar-refractivity contribution is 0.212. The molecule has 1 aliphatic rings. The summed E-state index contributed by atoms with van der Waals surface area (Å²) in [5.41, 5.74) is 6.61. The number of amides is 2. The Bertz CT molecular complexity index is 500. The van der Waals surface area contributed by atoms with Crippen LogP contribution in [0.5, 0.6) is 0 Å². The minimum Gasteiger partial charge on any atom is -0.385 e. The normalized spacial score (nSPS) is 19.4. The number of carbonyl (C=O) groups excluding carboxylic acids is 1. The molecule has 0 fully saturated rings. The van der Waals surface area contributed by atoms with Crippen LogP contribution >= 0.6 is 15.9 Å². The van der Waals surface area contributed by atoms with Gasteiger partial charge in [0.1, 0.15) is 11.9 Å². The molecule has 2 heterocycles. The van der Waals surface area contributed by atoms with Crippen molar-refractivity contribution in [2.75, 3.05) is 6.54 Å².